The first-order valence-corrected chi connectivity index (χ1v) is 11.0. The molecule has 7 rings (SSSR count). The Morgan fingerprint density at radius 1 is 0.821 bits per heavy atom. The molecule has 0 saturated heterocycles. The summed E-state index contributed by atoms with van der Waals surface area (Å²) >= 11 is 0. The third kappa shape index (κ3) is 1.88. The Morgan fingerprint density at radius 3 is 2.18 bits per heavy atom. The maximum atomic E-state index is 7.12. The molecule has 4 aliphatic rings. The lowest BCUT2D eigenvalue weighted by molar-refractivity contribution is -0.0159. The molecule has 7 atom stereocenters. The maximum Gasteiger partial charge on any atom is 0.135 e. The second-order valence-corrected chi connectivity index (χ2v) is 9.97. The summed E-state index contributed by atoms with van der Waals surface area (Å²) in [5, 5.41) is 5.08. The fourth-order valence-corrected chi connectivity index (χ4v) is 7.75. The van der Waals surface area contributed by atoms with E-state index in [1.54, 1.807) is 0 Å². The van der Waals surface area contributed by atoms with Gasteiger partial charge in [-0.05, 0) is 72.6 Å². The zero-order valence-electron chi connectivity index (χ0n) is 16.3. The number of allylic oxidation sites excluding steroid dienone is 2. The van der Waals surface area contributed by atoms with Crippen LogP contribution in [0.4, 0.5) is 0 Å². The van der Waals surface area contributed by atoms with Gasteiger partial charge in [0.2, 0.25) is 0 Å². The third-order valence-electron chi connectivity index (χ3n) is 8.66. The fraction of sp³-hybridized carbons (Fsp3) is 0.407. The molecule has 1 nitrogen and oxygen atoms in total. The highest BCUT2D eigenvalue weighted by atomic mass is 16.5. The minimum absolute atomic E-state index is 0.0307. The van der Waals surface area contributed by atoms with Crippen molar-refractivity contribution in [3.8, 4) is 5.75 Å². The molecule has 0 spiro atoms. The molecule has 7 unspecified atom stereocenters. The van der Waals surface area contributed by atoms with Gasteiger partial charge < -0.3 is 4.74 Å². The molecule has 28 heavy (non-hydrogen) atoms. The van der Waals surface area contributed by atoms with Gasteiger partial charge in [0.15, 0.2) is 0 Å². The van der Waals surface area contributed by atoms with E-state index >= 15 is 0 Å². The second kappa shape index (κ2) is 5.20. The van der Waals surface area contributed by atoms with Crippen LogP contribution in [0, 0.1) is 35.5 Å². The van der Waals surface area contributed by atoms with E-state index in [-0.39, 0.29) is 5.60 Å². The molecule has 0 radical (unpaired) electrons. The van der Waals surface area contributed by atoms with E-state index in [4.69, 9.17) is 4.74 Å². The lowest BCUT2D eigenvalue weighted by Gasteiger charge is -2.43. The van der Waals surface area contributed by atoms with Crippen LogP contribution < -0.4 is 4.74 Å². The number of benzene rings is 3. The molecule has 3 fully saturated rings. The van der Waals surface area contributed by atoms with Crippen LogP contribution in [-0.2, 0) is 0 Å². The van der Waals surface area contributed by atoms with Gasteiger partial charge in [-0.2, -0.15) is 0 Å². The van der Waals surface area contributed by atoms with Crippen LogP contribution in [0.25, 0.3) is 21.5 Å². The lowest BCUT2D eigenvalue weighted by atomic mass is 9.68. The summed E-state index contributed by atoms with van der Waals surface area (Å²) in [6.07, 6.45) is 9.08. The van der Waals surface area contributed by atoms with Gasteiger partial charge in [-0.15, -0.1) is 0 Å². The minimum Gasteiger partial charge on any atom is -0.486 e. The molecule has 3 aromatic rings. The smallest absolute Gasteiger partial charge is 0.135 e. The van der Waals surface area contributed by atoms with Crippen LogP contribution >= 0.6 is 0 Å². The average molecular weight is 367 g/mol. The van der Waals surface area contributed by atoms with Crippen molar-refractivity contribution in [3.63, 3.8) is 0 Å². The molecule has 4 aliphatic carbocycles. The largest absolute Gasteiger partial charge is 0.486 e. The van der Waals surface area contributed by atoms with Crippen LogP contribution in [-0.4, -0.2) is 5.60 Å². The predicted octanol–water partition coefficient (Wildman–Crippen LogP) is 6.61. The third-order valence-corrected chi connectivity index (χ3v) is 8.66. The zero-order valence-corrected chi connectivity index (χ0v) is 16.3. The van der Waals surface area contributed by atoms with E-state index in [0.717, 1.165) is 35.3 Å². The van der Waals surface area contributed by atoms with Crippen LogP contribution in [0.1, 0.15) is 26.2 Å². The molecule has 0 heterocycles. The Balaban J connectivity index is 1.36. The van der Waals surface area contributed by atoms with Gasteiger partial charge in [0.05, 0.1) is 0 Å². The highest BCUT2D eigenvalue weighted by Gasteiger charge is 2.65. The first-order chi connectivity index (χ1) is 13.7. The predicted molar refractivity (Wildman–Crippen MR) is 114 cm³/mol. The summed E-state index contributed by atoms with van der Waals surface area (Å²) in [6.45, 7) is 2.42. The van der Waals surface area contributed by atoms with Crippen molar-refractivity contribution >= 4 is 21.5 Å². The Kier molecular flexibility index (Phi) is 2.90. The highest BCUT2D eigenvalue weighted by Crippen LogP contribution is 2.68. The number of fused-ring (bicyclic) bond motifs is 11. The topological polar surface area (TPSA) is 9.23 Å². The quantitative estimate of drug-likeness (QED) is 0.282. The van der Waals surface area contributed by atoms with Crippen molar-refractivity contribution in [3.05, 3.63) is 66.7 Å². The van der Waals surface area contributed by atoms with Gasteiger partial charge in [0.1, 0.15) is 11.4 Å². The number of hydrogen-bond donors (Lipinski definition) is 0. The Bertz CT molecular complexity index is 1090. The summed E-state index contributed by atoms with van der Waals surface area (Å²) in [5.74, 6) is 6.17. The van der Waals surface area contributed by atoms with Crippen molar-refractivity contribution in [2.45, 2.75) is 31.8 Å². The number of rotatable bonds is 2. The molecule has 4 bridgehead atoms. The van der Waals surface area contributed by atoms with Crippen molar-refractivity contribution in [1.29, 1.82) is 0 Å². The van der Waals surface area contributed by atoms with Gasteiger partial charge in [0.25, 0.3) is 0 Å². The molecule has 0 aliphatic heterocycles. The first-order valence-electron chi connectivity index (χ1n) is 11.0. The fourth-order valence-electron chi connectivity index (χ4n) is 7.75. The standard InChI is InChI=1S/C27H26O/c1-27(15-20-14-23(27)25-19-11-10-18(13-19)24(20)25)28-26-21-8-4-2-6-16(21)12-17-7-3-5-9-22(17)26/h2-12,18-20,23-25H,13-15H2,1H3. The van der Waals surface area contributed by atoms with Crippen LogP contribution in [0.3, 0.4) is 0 Å². The van der Waals surface area contributed by atoms with Crippen molar-refractivity contribution in [1.82, 2.24) is 0 Å². The van der Waals surface area contributed by atoms with Gasteiger partial charge in [-0.1, -0.05) is 60.7 Å². The molecular weight excluding hydrogens is 340 g/mol. The van der Waals surface area contributed by atoms with Gasteiger partial charge in [0, 0.05) is 16.7 Å². The molecular formula is C27H26O. The maximum absolute atomic E-state index is 7.12. The Labute approximate surface area is 166 Å². The Hall–Kier alpha value is -2.28. The zero-order chi connectivity index (χ0) is 18.5. The summed E-state index contributed by atoms with van der Waals surface area (Å²) in [7, 11) is 0. The summed E-state index contributed by atoms with van der Waals surface area (Å²) in [6, 6.07) is 19.8. The second-order valence-electron chi connectivity index (χ2n) is 9.97. The summed E-state index contributed by atoms with van der Waals surface area (Å²) < 4.78 is 7.12. The molecule has 3 aromatic carbocycles. The Morgan fingerprint density at radius 2 is 1.46 bits per heavy atom. The van der Waals surface area contributed by atoms with E-state index in [1.807, 2.05) is 0 Å². The SMILES string of the molecule is CC1(Oc2c3ccccc3cc3ccccc23)CC2CC1C1C3C=CC(C3)C21. The molecule has 140 valence electrons. The van der Waals surface area contributed by atoms with E-state index in [1.165, 1.54) is 40.8 Å². The van der Waals surface area contributed by atoms with Crippen molar-refractivity contribution in [2.24, 2.45) is 35.5 Å². The van der Waals surface area contributed by atoms with Gasteiger partial charge in [-0.25, -0.2) is 0 Å². The van der Waals surface area contributed by atoms with Crippen molar-refractivity contribution < 1.29 is 4.74 Å². The number of ether oxygens (including phenoxy) is 1. The van der Waals surface area contributed by atoms with Crippen LogP contribution in [0.2, 0.25) is 0 Å². The molecule has 0 amide bonds. The van der Waals surface area contributed by atoms with Crippen molar-refractivity contribution in [2.75, 3.05) is 0 Å². The normalized spacial score (nSPS) is 39.9. The molecule has 3 saturated carbocycles. The number of hydrogen-bond acceptors (Lipinski definition) is 1. The van der Waals surface area contributed by atoms with Crippen LogP contribution in [0.15, 0.2) is 66.7 Å². The van der Waals surface area contributed by atoms with E-state index < -0.39 is 0 Å². The minimum atomic E-state index is -0.0307. The van der Waals surface area contributed by atoms with Gasteiger partial charge in [-0.3, -0.25) is 0 Å². The lowest BCUT2D eigenvalue weighted by Crippen LogP contribution is -2.46. The molecule has 0 aromatic heterocycles. The summed E-state index contributed by atoms with van der Waals surface area (Å²) in [5.41, 5.74) is -0.0307. The van der Waals surface area contributed by atoms with E-state index in [2.05, 4.69) is 73.7 Å². The van der Waals surface area contributed by atoms with Crippen LogP contribution in [0.5, 0.6) is 5.75 Å². The summed E-state index contributed by atoms with van der Waals surface area (Å²) in [4.78, 5) is 0. The molecule has 0 N–H and O–H groups in total. The van der Waals surface area contributed by atoms with E-state index in [9.17, 15) is 0 Å². The van der Waals surface area contributed by atoms with Gasteiger partial charge >= 0.3 is 0 Å². The first kappa shape index (κ1) is 15.6. The van der Waals surface area contributed by atoms with E-state index in [0.29, 0.717) is 5.92 Å². The average Bonchev–Trinajstić information content (AvgIpc) is 3.47. The molecule has 1 heteroatoms. The monoisotopic (exact) mass is 366 g/mol. The highest BCUT2D eigenvalue weighted by molar-refractivity contribution is 6.05.